The lowest BCUT2D eigenvalue weighted by atomic mass is 10.1. The highest BCUT2D eigenvalue weighted by atomic mass is 127. The molecule has 1 saturated heterocycles. The van der Waals surface area contributed by atoms with E-state index in [-0.39, 0.29) is 11.7 Å². The van der Waals surface area contributed by atoms with Crippen LogP contribution in [0.25, 0.3) is 0 Å². The number of hydrogen-bond donors (Lipinski definition) is 0. The molecule has 7 heteroatoms. The zero-order valence-electron chi connectivity index (χ0n) is 12.9. The van der Waals surface area contributed by atoms with Crippen LogP contribution < -0.4 is 0 Å². The molecular formula is C15H21IN2O3S. The Morgan fingerprint density at radius 1 is 1.23 bits per heavy atom. The van der Waals surface area contributed by atoms with Gasteiger partial charge in [-0.2, -0.15) is 0 Å². The van der Waals surface area contributed by atoms with Crippen molar-refractivity contribution in [1.29, 1.82) is 0 Å². The van der Waals surface area contributed by atoms with E-state index in [1.54, 1.807) is 0 Å². The number of nitrogens with zero attached hydrogens (tertiary/aromatic N) is 2. The van der Waals surface area contributed by atoms with E-state index in [2.05, 4.69) is 27.5 Å². The Labute approximate surface area is 145 Å². The van der Waals surface area contributed by atoms with Crippen molar-refractivity contribution >= 4 is 38.3 Å². The van der Waals surface area contributed by atoms with Crippen LogP contribution in [0.5, 0.6) is 0 Å². The van der Waals surface area contributed by atoms with Crippen molar-refractivity contribution in [2.24, 2.45) is 0 Å². The van der Waals surface area contributed by atoms with Gasteiger partial charge >= 0.3 is 0 Å². The zero-order chi connectivity index (χ0) is 16.3. The maximum atomic E-state index is 12.6. The molecule has 22 heavy (non-hydrogen) atoms. The normalized spacial score (nSPS) is 16.8. The minimum Gasteiger partial charge on any atom is -0.336 e. The molecule has 1 aromatic rings. The molecule has 1 aromatic carbocycles. The number of amides is 1. The summed E-state index contributed by atoms with van der Waals surface area (Å²) in [5, 5.41) is 0. The summed E-state index contributed by atoms with van der Waals surface area (Å²) in [6, 6.07) is 5.78. The van der Waals surface area contributed by atoms with Gasteiger partial charge in [0, 0.05) is 42.5 Å². The largest absolute Gasteiger partial charge is 0.336 e. The minimum atomic E-state index is -2.93. The Morgan fingerprint density at radius 2 is 1.86 bits per heavy atom. The van der Waals surface area contributed by atoms with E-state index >= 15 is 0 Å². The van der Waals surface area contributed by atoms with E-state index in [1.165, 1.54) is 6.26 Å². The van der Waals surface area contributed by atoms with Crippen molar-refractivity contribution in [2.75, 3.05) is 44.7 Å². The first-order valence-electron chi connectivity index (χ1n) is 7.22. The molecule has 1 heterocycles. The summed E-state index contributed by atoms with van der Waals surface area (Å²) >= 11 is 2.22. The number of piperazine rings is 1. The third-order valence-electron chi connectivity index (χ3n) is 3.86. The molecule has 0 radical (unpaired) electrons. The van der Waals surface area contributed by atoms with Crippen molar-refractivity contribution in [3.63, 3.8) is 0 Å². The van der Waals surface area contributed by atoms with E-state index in [0.717, 1.165) is 27.8 Å². The predicted octanol–water partition coefficient (Wildman–Crippen LogP) is 1.40. The molecule has 0 N–H and O–H groups in total. The Hall–Kier alpha value is -0.670. The Kier molecular flexibility index (Phi) is 5.84. The minimum absolute atomic E-state index is 0.0656. The van der Waals surface area contributed by atoms with Crippen LogP contribution in [0.1, 0.15) is 15.9 Å². The first-order valence-corrected chi connectivity index (χ1v) is 10.4. The molecule has 1 fully saturated rings. The third-order valence-corrected chi connectivity index (χ3v) is 6.22. The molecule has 2 rings (SSSR count). The molecule has 0 unspecified atom stereocenters. The summed E-state index contributed by atoms with van der Waals surface area (Å²) in [7, 11) is -2.93. The van der Waals surface area contributed by atoms with Gasteiger partial charge in [0.1, 0.15) is 9.84 Å². The van der Waals surface area contributed by atoms with E-state index in [4.69, 9.17) is 0 Å². The predicted molar refractivity (Wildman–Crippen MR) is 96.0 cm³/mol. The highest BCUT2D eigenvalue weighted by Gasteiger charge is 2.24. The highest BCUT2D eigenvalue weighted by Crippen LogP contribution is 2.19. The number of aryl methyl sites for hydroxylation is 1. The molecular weight excluding hydrogens is 415 g/mol. The van der Waals surface area contributed by atoms with Gasteiger partial charge in [-0.05, 0) is 41.1 Å². The van der Waals surface area contributed by atoms with Crippen LogP contribution in [0.15, 0.2) is 18.2 Å². The molecule has 0 spiro atoms. The number of hydrogen-bond acceptors (Lipinski definition) is 4. The van der Waals surface area contributed by atoms with Gasteiger partial charge in [0.25, 0.3) is 5.91 Å². The fraction of sp³-hybridized carbons (Fsp3) is 0.533. The summed E-state index contributed by atoms with van der Waals surface area (Å²) in [6.45, 7) is 5.29. The van der Waals surface area contributed by atoms with Crippen LogP contribution in [-0.4, -0.2) is 68.9 Å². The van der Waals surface area contributed by atoms with E-state index in [1.807, 2.05) is 30.0 Å². The molecule has 122 valence electrons. The summed E-state index contributed by atoms with van der Waals surface area (Å²) in [4.78, 5) is 16.6. The molecule has 0 aromatic heterocycles. The van der Waals surface area contributed by atoms with Crippen molar-refractivity contribution in [1.82, 2.24) is 9.80 Å². The van der Waals surface area contributed by atoms with Crippen molar-refractivity contribution in [2.45, 2.75) is 6.92 Å². The van der Waals surface area contributed by atoms with Gasteiger partial charge in [-0.15, -0.1) is 0 Å². The zero-order valence-corrected chi connectivity index (χ0v) is 15.9. The maximum Gasteiger partial charge on any atom is 0.255 e. The van der Waals surface area contributed by atoms with Crippen molar-refractivity contribution < 1.29 is 13.2 Å². The fourth-order valence-corrected chi connectivity index (χ4v) is 3.63. The van der Waals surface area contributed by atoms with Gasteiger partial charge in [0.2, 0.25) is 0 Å². The number of carbonyl (C=O) groups excluding carboxylic acids is 1. The number of benzene rings is 1. The van der Waals surface area contributed by atoms with Crippen LogP contribution in [0.4, 0.5) is 0 Å². The lowest BCUT2D eigenvalue weighted by Crippen LogP contribution is -2.49. The Bertz CT molecular complexity index is 653. The standard InChI is InChI=1S/C15H21IN2O3S/c1-12-4-3-5-13(14(12)16)15(19)18-8-6-17(7-9-18)10-11-22(2,20)21/h3-5H,6-11H2,1-2H3. The first kappa shape index (κ1) is 17.7. The second-order valence-electron chi connectivity index (χ2n) is 5.70. The average molecular weight is 436 g/mol. The van der Waals surface area contributed by atoms with Crippen molar-refractivity contribution in [3.8, 4) is 0 Å². The van der Waals surface area contributed by atoms with Gasteiger partial charge in [-0.1, -0.05) is 12.1 Å². The van der Waals surface area contributed by atoms with E-state index in [0.29, 0.717) is 19.6 Å². The van der Waals surface area contributed by atoms with Gasteiger partial charge in [0.05, 0.1) is 11.3 Å². The number of halogens is 1. The van der Waals surface area contributed by atoms with Crippen LogP contribution in [0.2, 0.25) is 0 Å². The smallest absolute Gasteiger partial charge is 0.255 e. The number of rotatable bonds is 4. The van der Waals surface area contributed by atoms with Gasteiger partial charge < -0.3 is 4.90 Å². The maximum absolute atomic E-state index is 12.6. The van der Waals surface area contributed by atoms with Gasteiger partial charge in [-0.25, -0.2) is 8.42 Å². The molecule has 1 amide bonds. The Balaban J connectivity index is 1.94. The van der Waals surface area contributed by atoms with Crippen LogP contribution >= 0.6 is 22.6 Å². The molecule has 0 saturated carbocycles. The SMILES string of the molecule is Cc1cccc(C(=O)N2CCN(CCS(C)(=O)=O)CC2)c1I. The molecule has 0 bridgehead atoms. The summed E-state index contributed by atoms with van der Waals surface area (Å²) in [5.41, 5.74) is 1.86. The summed E-state index contributed by atoms with van der Waals surface area (Å²) in [5.74, 6) is 0.243. The van der Waals surface area contributed by atoms with E-state index in [9.17, 15) is 13.2 Å². The lowest BCUT2D eigenvalue weighted by molar-refractivity contribution is 0.0643. The quantitative estimate of drug-likeness (QED) is 0.670. The van der Waals surface area contributed by atoms with Crippen LogP contribution in [0.3, 0.4) is 0 Å². The first-order chi connectivity index (χ1) is 10.3. The van der Waals surface area contributed by atoms with Gasteiger partial charge in [0.15, 0.2) is 0 Å². The molecule has 1 aliphatic heterocycles. The molecule has 0 aliphatic carbocycles. The summed E-state index contributed by atoms with van der Waals surface area (Å²) in [6.07, 6.45) is 1.26. The molecule has 0 atom stereocenters. The average Bonchev–Trinajstić information content (AvgIpc) is 2.47. The van der Waals surface area contributed by atoms with Crippen LogP contribution in [0, 0.1) is 10.5 Å². The molecule has 5 nitrogen and oxygen atoms in total. The second-order valence-corrected chi connectivity index (χ2v) is 9.04. The Morgan fingerprint density at radius 3 is 2.45 bits per heavy atom. The van der Waals surface area contributed by atoms with Crippen molar-refractivity contribution in [3.05, 3.63) is 32.9 Å². The second kappa shape index (κ2) is 7.27. The lowest BCUT2D eigenvalue weighted by Gasteiger charge is -2.34. The van der Waals surface area contributed by atoms with Gasteiger partial charge in [-0.3, -0.25) is 9.69 Å². The van der Waals surface area contributed by atoms with Crippen LogP contribution in [-0.2, 0) is 9.84 Å². The van der Waals surface area contributed by atoms with E-state index < -0.39 is 9.84 Å². The third kappa shape index (κ3) is 4.66. The molecule has 1 aliphatic rings. The number of sulfone groups is 1. The summed E-state index contributed by atoms with van der Waals surface area (Å²) < 4.78 is 23.4. The topological polar surface area (TPSA) is 57.7 Å². The number of carbonyl (C=O) groups is 1. The highest BCUT2D eigenvalue weighted by molar-refractivity contribution is 14.1. The monoisotopic (exact) mass is 436 g/mol. The fourth-order valence-electron chi connectivity index (χ4n) is 2.45.